The van der Waals surface area contributed by atoms with Crippen LogP contribution in [0.5, 0.6) is 0 Å². The number of ether oxygens (including phenoxy) is 1. The summed E-state index contributed by atoms with van der Waals surface area (Å²) in [6.45, 7) is 1.84. The first-order valence-electron chi connectivity index (χ1n) is 8.29. The fourth-order valence-corrected chi connectivity index (χ4v) is 3.82. The van der Waals surface area contributed by atoms with Crippen LogP contribution in [0.25, 0.3) is 0 Å². The third-order valence-electron chi connectivity index (χ3n) is 4.70. The van der Waals surface area contributed by atoms with E-state index in [4.69, 9.17) is 9.15 Å². The molecule has 1 aromatic heterocycles. The number of carbonyl (C=O) groups is 2. The van der Waals surface area contributed by atoms with Gasteiger partial charge in [0.1, 0.15) is 6.04 Å². The van der Waals surface area contributed by atoms with Crippen molar-refractivity contribution in [3.8, 4) is 0 Å². The molecule has 4 heterocycles. The van der Waals surface area contributed by atoms with E-state index in [9.17, 15) is 22.6 Å². The van der Waals surface area contributed by atoms with E-state index in [1.54, 1.807) is 0 Å². The molecule has 13 nitrogen and oxygen atoms in total. The minimum absolute atomic E-state index is 0. The molecule has 15 heteroatoms. The van der Waals surface area contributed by atoms with Gasteiger partial charge in [-0.1, -0.05) is 0 Å². The van der Waals surface area contributed by atoms with Gasteiger partial charge in [-0.3, -0.25) is 4.79 Å². The van der Waals surface area contributed by atoms with Crippen LogP contribution in [-0.4, -0.2) is 88.9 Å². The number of hydrogen-bond donors (Lipinski definition) is 0. The maximum absolute atomic E-state index is 12.4. The van der Waals surface area contributed by atoms with Gasteiger partial charge in [-0.15, -0.1) is 10.2 Å². The van der Waals surface area contributed by atoms with Crippen LogP contribution in [0.1, 0.15) is 35.5 Å². The van der Waals surface area contributed by atoms with Crippen LogP contribution in [0.3, 0.4) is 0 Å². The molecule has 0 aromatic carbocycles. The summed E-state index contributed by atoms with van der Waals surface area (Å²) >= 11 is 0. The first kappa shape index (κ1) is 21.4. The summed E-state index contributed by atoms with van der Waals surface area (Å²) in [6, 6.07) is -1.97. The molecule has 2 atom stereocenters. The van der Waals surface area contributed by atoms with Crippen molar-refractivity contribution in [2.24, 2.45) is 0 Å². The number of hydrogen-bond acceptors (Lipinski definition) is 10. The fraction of sp³-hybridized carbons (Fsp3) is 0.692. The number of aromatic nitrogens is 2. The minimum atomic E-state index is -5.06. The second-order valence-corrected chi connectivity index (χ2v) is 7.31. The number of carbonyl (C=O) groups excluding carboxylic acids is 2. The van der Waals surface area contributed by atoms with Crippen LogP contribution >= 0.6 is 0 Å². The van der Waals surface area contributed by atoms with Crippen molar-refractivity contribution in [3.63, 3.8) is 0 Å². The Morgan fingerprint density at radius 1 is 1.21 bits per heavy atom. The molecule has 3 aliphatic rings. The number of amides is 3. The molecule has 28 heavy (non-hydrogen) atoms. The van der Waals surface area contributed by atoms with Gasteiger partial charge in [0.2, 0.25) is 16.3 Å². The summed E-state index contributed by atoms with van der Waals surface area (Å²) in [5.41, 5.74) is 0. The number of hydroxylamine groups is 2. The maximum Gasteiger partial charge on any atom is 1.00 e. The molecule has 0 spiro atoms. The summed E-state index contributed by atoms with van der Waals surface area (Å²) in [5, 5.41) is 8.22. The normalized spacial score (nSPS) is 25.0. The van der Waals surface area contributed by atoms with Gasteiger partial charge >= 0.3 is 47.4 Å². The summed E-state index contributed by atoms with van der Waals surface area (Å²) in [6.07, 6.45) is 0.764. The third kappa shape index (κ3) is 4.17. The van der Waals surface area contributed by atoms with Gasteiger partial charge < -0.3 is 23.5 Å². The first-order valence-corrected chi connectivity index (χ1v) is 9.62. The van der Waals surface area contributed by atoms with E-state index < -0.39 is 34.4 Å². The quantitative estimate of drug-likeness (QED) is 0.263. The zero-order valence-electron chi connectivity index (χ0n) is 15.0. The van der Waals surface area contributed by atoms with Gasteiger partial charge in [-0.25, -0.2) is 13.2 Å². The molecule has 148 valence electrons. The molecule has 0 saturated carbocycles. The van der Waals surface area contributed by atoms with Crippen molar-refractivity contribution in [2.75, 3.05) is 32.8 Å². The van der Waals surface area contributed by atoms with Crippen molar-refractivity contribution in [1.29, 1.82) is 0 Å². The van der Waals surface area contributed by atoms with Crippen molar-refractivity contribution in [3.05, 3.63) is 11.8 Å². The van der Waals surface area contributed by atoms with Gasteiger partial charge in [-0.05, 0) is 12.8 Å². The molecular formula is C13H16N5NaO8S. The molecule has 0 N–H and O–H groups in total. The molecule has 0 unspecified atom stereocenters. The summed E-state index contributed by atoms with van der Waals surface area (Å²) in [5.74, 6) is -0.526. The zero-order valence-corrected chi connectivity index (χ0v) is 17.8. The number of morpholine rings is 1. The standard InChI is InChI=1S/C13H17N5O8S.Na/c19-12(16-3-5-24-6-4-16)11-15-14-10(25-11)9-2-1-8-7-17(9)13(20)18(8)26-27(21,22)23;/h8-9H,1-7H2,(H,21,22,23);/q;+1/p-1/t8-,9+;/m1./s1. The molecule has 4 rings (SSSR count). The largest absolute Gasteiger partial charge is 1.00 e. The second-order valence-electron chi connectivity index (χ2n) is 6.34. The van der Waals surface area contributed by atoms with Crippen LogP contribution < -0.4 is 29.6 Å². The second kappa shape index (κ2) is 8.22. The molecule has 0 radical (unpaired) electrons. The van der Waals surface area contributed by atoms with Gasteiger partial charge in [0, 0.05) is 19.6 Å². The Kier molecular flexibility index (Phi) is 6.29. The monoisotopic (exact) mass is 425 g/mol. The van der Waals surface area contributed by atoms with Crippen LogP contribution in [-0.2, 0) is 19.4 Å². The molecule has 3 amide bonds. The van der Waals surface area contributed by atoms with E-state index in [1.807, 2.05) is 0 Å². The van der Waals surface area contributed by atoms with Gasteiger partial charge in [-0.2, -0.15) is 9.35 Å². The van der Waals surface area contributed by atoms with Gasteiger partial charge in [0.25, 0.3) is 0 Å². The van der Waals surface area contributed by atoms with E-state index in [0.29, 0.717) is 44.2 Å². The molecule has 1 aromatic rings. The summed E-state index contributed by atoms with van der Waals surface area (Å²) in [4.78, 5) is 27.6. The van der Waals surface area contributed by atoms with Crippen LogP contribution in [0, 0.1) is 0 Å². The number of fused-ring (bicyclic) bond motifs is 2. The fourth-order valence-electron chi connectivity index (χ4n) is 3.44. The Labute approximate surface area is 182 Å². The Bertz CT molecular complexity index is 857. The van der Waals surface area contributed by atoms with Crippen molar-refractivity contribution in [1.82, 2.24) is 25.1 Å². The first-order chi connectivity index (χ1) is 12.8. The molecule has 2 bridgehead atoms. The Morgan fingerprint density at radius 2 is 1.93 bits per heavy atom. The molecule has 0 aliphatic carbocycles. The van der Waals surface area contributed by atoms with Gasteiger partial charge in [0.15, 0.2) is 0 Å². The number of urea groups is 1. The van der Waals surface area contributed by atoms with E-state index in [-0.39, 0.29) is 47.9 Å². The smallest absolute Gasteiger partial charge is 0.724 e. The molecule has 3 fully saturated rings. The SMILES string of the molecule is O=C(c1nnc([C@@H]2CC[C@@H]3CN2C(=O)N3OS(=O)(=O)[O-])o1)N1CCOCC1.[Na+]. The van der Waals surface area contributed by atoms with Crippen LogP contribution in [0.15, 0.2) is 4.42 Å². The number of rotatable bonds is 4. The van der Waals surface area contributed by atoms with Crippen LogP contribution in [0.2, 0.25) is 0 Å². The zero-order chi connectivity index (χ0) is 19.2. The van der Waals surface area contributed by atoms with Crippen LogP contribution in [0.4, 0.5) is 4.79 Å². The third-order valence-corrected chi connectivity index (χ3v) is 5.04. The van der Waals surface area contributed by atoms with Crippen molar-refractivity contribution < 1.29 is 65.6 Å². The predicted octanol–water partition coefficient (Wildman–Crippen LogP) is -4.12. The predicted molar refractivity (Wildman–Crippen MR) is 81.5 cm³/mol. The number of piperidine rings is 1. The van der Waals surface area contributed by atoms with E-state index in [2.05, 4.69) is 14.5 Å². The average molecular weight is 425 g/mol. The minimum Gasteiger partial charge on any atom is -0.724 e. The summed E-state index contributed by atoms with van der Waals surface area (Å²) in [7, 11) is -5.06. The summed E-state index contributed by atoms with van der Waals surface area (Å²) < 4.78 is 47.4. The van der Waals surface area contributed by atoms with E-state index >= 15 is 0 Å². The average Bonchev–Trinajstić information content (AvgIpc) is 3.22. The van der Waals surface area contributed by atoms with E-state index in [0.717, 1.165) is 0 Å². The molecule has 3 saturated heterocycles. The number of nitrogens with zero attached hydrogens (tertiary/aromatic N) is 5. The Hall–Kier alpha value is -1.29. The molecule has 3 aliphatic heterocycles. The van der Waals surface area contributed by atoms with Crippen molar-refractivity contribution >= 4 is 22.3 Å². The Balaban J connectivity index is 0.00000225. The molecular weight excluding hydrogens is 409 g/mol. The maximum atomic E-state index is 12.4. The van der Waals surface area contributed by atoms with Gasteiger partial charge in [0.05, 0.1) is 19.3 Å². The van der Waals surface area contributed by atoms with Crippen molar-refractivity contribution in [2.45, 2.75) is 24.9 Å². The Morgan fingerprint density at radius 3 is 2.61 bits per heavy atom. The topological polar surface area (TPSA) is 158 Å². The van der Waals surface area contributed by atoms with E-state index in [1.165, 1.54) is 9.80 Å².